The average molecular weight is 331 g/mol. The molecule has 0 bridgehead atoms. The number of nitrogens with one attached hydrogen (secondary N) is 1. The molecule has 1 aliphatic carbocycles. The Morgan fingerprint density at radius 3 is 2.27 bits per heavy atom. The van der Waals surface area contributed by atoms with Crippen LogP contribution in [0.4, 0.5) is 0 Å². The zero-order valence-electron chi connectivity index (χ0n) is 14.2. The summed E-state index contributed by atoms with van der Waals surface area (Å²) < 4.78 is 0. The van der Waals surface area contributed by atoms with Crippen LogP contribution in [0.3, 0.4) is 0 Å². The number of fused-ring (bicyclic) bond motifs is 7. The molecule has 1 heterocycles. The van der Waals surface area contributed by atoms with E-state index in [9.17, 15) is 0 Å². The summed E-state index contributed by atoms with van der Waals surface area (Å²) in [7, 11) is 0. The number of para-hydroxylation sites is 1. The van der Waals surface area contributed by atoms with E-state index in [-0.39, 0.29) is 0 Å². The van der Waals surface area contributed by atoms with E-state index in [2.05, 4.69) is 96.0 Å². The highest BCUT2D eigenvalue weighted by atomic mass is 14.7. The molecule has 1 aromatic heterocycles. The Labute approximate surface area is 151 Å². The molecule has 1 aliphatic rings. The summed E-state index contributed by atoms with van der Waals surface area (Å²) in [5.74, 6) is 0.304. The largest absolute Gasteiger partial charge is 0.354 e. The fraction of sp³-hybridized carbons (Fsp3) is 0.0400. The van der Waals surface area contributed by atoms with Gasteiger partial charge in [-0.3, -0.25) is 0 Å². The standard InChI is InChI=1S/C25H17N/c1-2-8-16(9-3-1)23-18-11-4-5-12-19(18)24-21(23)15-14-20-17-10-6-7-13-22(17)26-25(20)24/h1-15,23,26H. The van der Waals surface area contributed by atoms with E-state index in [1.165, 1.54) is 49.6 Å². The predicted octanol–water partition coefficient (Wildman–Crippen LogP) is 6.48. The normalized spacial score (nSPS) is 15.3. The molecule has 4 aromatic carbocycles. The van der Waals surface area contributed by atoms with Gasteiger partial charge in [-0.2, -0.15) is 0 Å². The van der Waals surface area contributed by atoms with Crippen LogP contribution in [0.1, 0.15) is 22.6 Å². The maximum atomic E-state index is 3.69. The molecule has 0 saturated heterocycles. The first-order valence-electron chi connectivity index (χ1n) is 9.09. The molecule has 1 N–H and O–H groups in total. The molecule has 0 fully saturated rings. The Morgan fingerprint density at radius 1 is 0.577 bits per heavy atom. The van der Waals surface area contributed by atoms with Gasteiger partial charge in [0.25, 0.3) is 0 Å². The molecule has 26 heavy (non-hydrogen) atoms. The lowest BCUT2D eigenvalue weighted by atomic mass is 9.89. The fourth-order valence-corrected chi connectivity index (χ4v) is 4.61. The van der Waals surface area contributed by atoms with Gasteiger partial charge in [-0.05, 0) is 28.3 Å². The molecular formula is C25H17N. The van der Waals surface area contributed by atoms with E-state index in [1.807, 2.05) is 0 Å². The summed E-state index contributed by atoms with van der Waals surface area (Å²) in [6.45, 7) is 0. The summed E-state index contributed by atoms with van der Waals surface area (Å²) in [6, 6.07) is 32.9. The predicted molar refractivity (Wildman–Crippen MR) is 109 cm³/mol. The van der Waals surface area contributed by atoms with Crippen LogP contribution in [0.5, 0.6) is 0 Å². The lowest BCUT2D eigenvalue weighted by Gasteiger charge is -2.14. The smallest absolute Gasteiger partial charge is 0.0547 e. The van der Waals surface area contributed by atoms with Crippen molar-refractivity contribution in [1.82, 2.24) is 4.98 Å². The zero-order valence-corrected chi connectivity index (χ0v) is 14.2. The van der Waals surface area contributed by atoms with Crippen LogP contribution in [-0.2, 0) is 0 Å². The molecule has 0 aliphatic heterocycles. The minimum absolute atomic E-state index is 0.304. The van der Waals surface area contributed by atoms with Crippen molar-refractivity contribution in [2.75, 3.05) is 0 Å². The van der Waals surface area contributed by atoms with Crippen LogP contribution in [-0.4, -0.2) is 4.98 Å². The van der Waals surface area contributed by atoms with Crippen LogP contribution < -0.4 is 0 Å². The zero-order chi connectivity index (χ0) is 17.1. The van der Waals surface area contributed by atoms with Gasteiger partial charge >= 0.3 is 0 Å². The summed E-state index contributed by atoms with van der Waals surface area (Å²) in [4.78, 5) is 3.69. The van der Waals surface area contributed by atoms with E-state index in [0.717, 1.165) is 0 Å². The third-order valence-corrected chi connectivity index (χ3v) is 5.70. The van der Waals surface area contributed by atoms with Crippen molar-refractivity contribution in [3.63, 3.8) is 0 Å². The Morgan fingerprint density at radius 2 is 1.35 bits per heavy atom. The molecule has 1 unspecified atom stereocenters. The summed E-state index contributed by atoms with van der Waals surface area (Å²) in [5, 5.41) is 2.61. The topological polar surface area (TPSA) is 15.8 Å². The van der Waals surface area contributed by atoms with Gasteiger partial charge in [0.05, 0.1) is 5.52 Å². The highest BCUT2D eigenvalue weighted by molar-refractivity contribution is 6.13. The number of H-pyrrole nitrogens is 1. The SMILES string of the molecule is c1ccc(C2c3ccccc3-c3c2ccc2c3[nH]c3ccccc32)cc1. The first kappa shape index (κ1) is 13.9. The minimum atomic E-state index is 0.304. The summed E-state index contributed by atoms with van der Waals surface area (Å²) in [5.41, 5.74) is 9.34. The number of aromatic nitrogens is 1. The van der Waals surface area contributed by atoms with E-state index in [1.54, 1.807) is 0 Å². The summed E-state index contributed by atoms with van der Waals surface area (Å²) in [6.07, 6.45) is 0. The van der Waals surface area contributed by atoms with Crippen LogP contribution in [0.2, 0.25) is 0 Å². The van der Waals surface area contributed by atoms with E-state index in [4.69, 9.17) is 0 Å². The summed E-state index contributed by atoms with van der Waals surface area (Å²) >= 11 is 0. The van der Waals surface area contributed by atoms with Gasteiger partial charge in [0, 0.05) is 27.8 Å². The molecule has 0 amide bonds. The van der Waals surface area contributed by atoms with E-state index in [0.29, 0.717) is 5.92 Å². The lowest BCUT2D eigenvalue weighted by Crippen LogP contribution is -1.98. The fourth-order valence-electron chi connectivity index (χ4n) is 4.61. The van der Waals surface area contributed by atoms with Crippen molar-refractivity contribution in [1.29, 1.82) is 0 Å². The average Bonchev–Trinajstić information content (AvgIpc) is 3.24. The Bertz CT molecular complexity index is 1280. The minimum Gasteiger partial charge on any atom is -0.354 e. The van der Waals surface area contributed by atoms with E-state index >= 15 is 0 Å². The van der Waals surface area contributed by atoms with Gasteiger partial charge in [0.1, 0.15) is 0 Å². The lowest BCUT2D eigenvalue weighted by molar-refractivity contribution is 1.02. The van der Waals surface area contributed by atoms with Crippen molar-refractivity contribution in [2.45, 2.75) is 5.92 Å². The van der Waals surface area contributed by atoms with Gasteiger partial charge in [0.15, 0.2) is 0 Å². The number of benzene rings is 4. The second-order valence-corrected chi connectivity index (χ2v) is 7.05. The highest BCUT2D eigenvalue weighted by Gasteiger charge is 2.31. The molecular weight excluding hydrogens is 314 g/mol. The van der Waals surface area contributed by atoms with Crippen molar-refractivity contribution in [3.8, 4) is 11.1 Å². The molecule has 1 heteroatoms. The first-order chi connectivity index (χ1) is 12.9. The van der Waals surface area contributed by atoms with Crippen LogP contribution in [0, 0.1) is 0 Å². The second kappa shape index (κ2) is 5.09. The van der Waals surface area contributed by atoms with Gasteiger partial charge < -0.3 is 4.98 Å². The number of aromatic amines is 1. The van der Waals surface area contributed by atoms with Gasteiger partial charge in [-0.1, -0.05) is 84.9 Å². The highest BCUT2D eigenvalue weighted by Crippen LogP contribution is 2.50. The Hall–Kier alpha value is -3.32. The molecule has 0 radical (unpaired) electrons. The molecule has 1 atom stereocenters. The van der Waals surface area contributed by atoms with Crippen molar-refractivity contribution >= 4 is 21.8 Å². The third kappa shape index (κ3) is 1.75. The third-order valence-electron chi connectivity index (χ3n) is 5.70. The van der Waals surface area contributed by atoms with Crippen molar-refractivity contribution < 1.29 is 0 Å². The maximum absolute atomic E-state index is 3.69. The quantitative estimate of drug-likeness (QED) is 0.355. The molecule has 0 saturated carbocycles. The van der Waals surface area contributed by atoms with Crippen LogP contribution in [0.25, 0.3) is 32.9 Å². The molecule has 6 rings (SSSR count). The number of hydrogen-bond acceptors (Lipinski definition) is 0. The molecule has 1 nitrogen and oxygen atoms in total. The molecule has 0 spiro atoms. The van der Waals surface area contributed by atoms with Gasteiger partial charge in [0.2, 0.25) is 0 Å². The monoisotopic (exact) mass is 331 g/mol. The Kier molecular flexibility index (Phi) is 2.72. The van der Waals surface area contributed by atoms with Crippen molar-refractivity contribution in [2.24, 2.45) is 0 Å². The number of rotatable bonds is 1. The van der Waals surface area contributed by atoms with E-state index < -0.39 is 0 Å². The van der Waals surface area contributed by atoms with Gasteiger partial charge in [-0.15, -0.1) is 0 Å². The molecule has 5 aromatic rings. The maximum Gasteiger partial charge on any atom is 0.0547 e. The Balaban J connectivity index is 1.75. The van der Waals surface area contributed by atoms with Crippen LogP contribution >= 0.6 is 0 Å². The van der Waals surface area contributed by atoms with Crippen molar-refractivity contribution in [3.05, 3.63) is 108 Å². The van der Waals surface area contributed by atoms with Crippen LogP contribution in [0.15, 0.2) is 91.0 Å². The first-order valence-corrected chi connectivity index (χ1v) is 9.09. The second-order valence-electron chi connectivity index (χ2n) is 7.05. The molecule has 122 valence electrons. The number of hydrogen-bond donors (Lipinski definition) is 1. The van der Waals surface area contributed by atoms with Gasteiger partial charge in [-0.25, -0.2) is 0 Å².